The van der Waals surface area contributed by atoms with Gasteiger partial charge in [-0.25, -0.2) is 28.5 Å². The maximum absolute atomic E-state index is 11.5. The second-order valence-electron chi connectivity index (χ2n) is 6.35. The van der Waals surface area contributed by atoms with Crippen molar-refractivity contribution >= 4 is 54.4 Å². The molecule has 1 unspecified atom stereocenters. The third-order valence-corrected chi connectivity index (χ3v) is 6.79. The van der Waals surface area contributed by atoms with E-state index in [0.29, 0.717) is 30.7 Å². The van der Waals surface area contributed by atoms with Crippen LogP contribution in [0.25, 0.3) is 10.2 Å². The van der Waals surface area contributed by atoms with E-state index >= 15 is 0 Å². The second-order valence-corrected chi connectivity index (χ2v) is 9.82. The maximum Gasteiger partial charge on any atom is 0.238 e. The van der Waals surface area contributed by atoms with E-state index in [2.05, 4.69) is 25.6 Å². The summed E-state index contributed by atoms with van der Waals surface area (Å²) in [5.41, 5.74) is 6.48. The fourth-order valence-electron chi connectivity index (χ4n) is 2.65. The smallest absolute Gasteiger partial charge is 0.238 e. The number of hydrogen-bond acceptors (Lipinski definition) is 10. The van der Waals surface area contributed by atoms with Crippen LogP contribution in [0.2, 0.25) is 0 Å². The van der Waals surface area contributed by atoms with Crippen molar-refractivity contribution in [3.63, 3.8) is 0 Å². The van der Waals surface area contributed by atoms with Crippen LogP contribution in [0.15, 0.2) is 40.4 Å². The topological polar surface area (TPSA) is 149 Å². The van der Waals surface area contributed by atoms with Gasteiger partial charge in [0.05, 0.1) is 15.1 Å². The molecule has 29 heavy (non-hydrogen) atoms. The Kier molecular flexibility index (Phi) is 7.24. The highest BCUT2D eigenvalue weighted by Gasteiger charge is 2.13. The van der Waals surface area contributed by atoms with E-state index < -0.39 is 10.0 Å². The molecule has 0 bridgehead atoms. The lowest BCUT2D eigenvalue weighted by atomic mass is 10.1. The van der Waals surface area contributed by atoms with Crippen LogP contribution >= 0.6 is 23.1 Å². The number of benzene rings is 1. The summed E-state index contributed by atoms with van der Waals surface area (Å²) in [5.74, 6) is 0.830. The second kappa shape index (κ2) is 9.67. The first-order valence-electron chi connectivity index (χ1n) is 8.86. The lowest BCUT2D eigenvalue weighted by Gasteiger charge is -2.17. The average molecular weight is 454 g/mol. The van der Waals surface area contributed by atoms with Crippen molar-refractivity contribution in [2.24, 2.45) is 16.8 Å². The zero-order valence-corrected chi connectivity index (χ0v) is 18.3. The van der Waals surface area contributed by atoms with E-state index in [9.17, 15) is 8.42 Å². The summed E-state index contributed by atoms with van der Waals surface area (Å²) in [5, 5.41) is 12.5. The summed E-state index contributed by atoms with van der Waals surface area (Å²) in [6.07, 6.45) is 6.37. The zero-order chi connectivity index (χ0) is 20.9. The Morgan fingerprint density at radius 1 is 1.21 bits per heavy atom. The summed E-state index contributed by atoms with van der Waals surface area (Å²) < 4.78 is 23.8. The number of aromatic nitrogens is 3. The molecule has 0 aliphatic heterocycles. The minimum absolute atomic E-state index is 0.0814. The van der Waals surface area contributed by atoms with Gasteiger partial charge in [0.1, 0.15) is 0 Å². The lowest BCUT2D eigenvalue weighted by molar-refractivity contribution is 0.541. The number of fused-ring (bicyclic) bond motifs is 1. The molecule has 0 spiro atoms. The van der Waals surface area contributed by atoms with Crippen molar-refractivity contribution in [2.45, 2.75) is 16.2 Å². The Balaban J connectivity index is 1.61. The molecule has 156 valence electrons. The number of nitrogens with zero attached hydrogens (tertiary/aromatic N) is 3. The standard InChI is InChI=1S/C17H23N7O2S3/c1-27-12-9-21-16(22-10-12)20-7-11(4-5-18)8-23-17-24-14-3-2-13(29(19,25)26)6-15(14)28-17/h2-3,6,9-11H,4-5,7-8,18H2,1H3,(H,23,24)(H2,19,25,26)(H,20,21,22). The third kappa shape index (κ3) is 6.00. The first-order valence-corrected chi connectivity index (χ1v) is 12.4. The number of sulfonamides is 1. The van der Waals surface area contributed by atoms with Gasteiger partial charge in [-0.15, -0.1) is 11.8 Å². The van der Waals surface area contributed by atoms with Gasteiger partial charge in [0, 0.05) is 30.4 Å². The quantitative estimate of drug-likeness (QED) is 0.338. The van der Waals surface area contributed by atoms with Crippen molar-refractivity contribution in [1.82, 2.24) is 15.0 Å². The molecule has 9 nitrogen and oxygen atoms in total. The normalized spacial score (nSPS) is 12.8. The predicted molar refractivity (Wildman–Crippen MR) is 119 cm³/mol. The number of hydrogen-bond donors (Lipinski definition) is 4. The van der Waals surface area contributed by atoms with Crippen molar-refractivity contribution in [3.05, 3.63) is 30.6 Å². The largest absolute Gasteiger partial charge is 0.361 e. The SMILES string of the molecule is CSc1cnc(NCC(CCN)CNc2nc3ccc(S(N)(=O)=O)cc3s2)nc1. The minimum atomic E-state index is -3.73. The molecule has 0 amide bonds. The van der Waals surface area contributed by atoms with E-state index in [1.165, 1.54) is 17.4 Å². The van der Waals surface area contributed by atoms with E-state index in [1.807, 2.05) is 6.26 Å². The van der Waals surface area contributed by atoms with Crippen LogP contribution in [0, 0.1) is 5.92 Å². The van der Waals surface area contributed by atoms with Gasteiger partial charge >= 0.3 is 0 Å². The number of thiazole rings is 1. The van der Waals surface area contributed by atoms with Gasteiger partial charge in [0.15, 0.2) is 5.13 Å². The summed E-state index contributed by atoms with van der Waals surface area (Å²) >= 11 is 2.98. The van der Waals surface area contributed by atoms with Crippen LogP contribution in [0.1, 0.15) is 6.42 Å². The van der Waals surface area contributed by atoms with Crippen LogP contribution in [0.3, 0.4) is 0 Å². The molecule has 0 aliphatic carbocycles. The number of nitrogens with one attached hydrogen (secondary N) is 2. The Hall–Kier alpha value is -1.99. The first-order chi connectivity index (χ1) is 13.9. The van der Waals surface area contributed by atoms with Crippen molar-refractivity contribution in [3.8, 4) is 0 Å². The van der Waals surface area contributed by atoms with Crippen LogP contribution in [-0.2, 0) is 10.0 Å². The Morgan fingerprint density at radius 3 is 2.59 bits per heavy atom. The molecular formula is C17H23N7O2S3. The molecule has 0 aliphatic rings. The molecule has 0 saturated carbocycles. The van der Waals surface area contributed by atoms with E-state index in [4.69, 9.17) is 10.9 Å². The number of nitrogens with two attached hydrogens (primary N) is 2. The number of rotatable bonds is 10. The van der Waals surface area contributed by atoms with Gasteiger partial charge in [-0.2, -0.15) is 0 Å². The van der Waals surface area contributed by atoms with Gasteiger partial charge in [-0.05, 0) is 43.3 Å². The van der Waals surface area contributed by atoms with Crippen molar-refractivity contribution in [2.75, 3.05) is 36.5 Å². The molecule has 0 fully saturated rings. The van der Waals surface area contributed by atoms with Crippen LogP contribution in [0.5, 0.6) is 0 Å². The molecule has 0 radical (unpaired) electrons. The van der Waals surface area contributed by atoms with Gasteiger partial charge in [0.25, 0.3) is 0 Å². The molecule has 1 aromatic carbocycles. The summed E-state index contributed by atoms with van der Waals surface area (Å²) in [6.45, 7) is 1.90. The molecular weight excluding hydrogens is 430 g/mol. The van der Waals surface area contributed by atoms with Gasteiger partial charge in [-0.1, -0.05) is 11.3 Å². The summed E-state index contributed by atoms with van der Waals surface area (Å²) in [6, 6.07) is 4.66. The highest BCUT2D eigenvalue weighted by molar-refractivity contribution is 7.98. The van der Waals surface area contributed by atoms with Crippen LogP contribution in [-0.4, -0.2) is 49.3 Å². The van der Waals surface area contributed by atoms with Gasteiger partial charge in [-0.3, -0.25) is 0 Å². The zero-order valence-electron chi connectivity index (χ0n) is 15.8. The fraction of sp³-hybridized carbons (Fsp3) is 0.353. The Bertz CT molecular complexity index is 1050. The summed E-state index contributed by atoms with van der Waals surface area (Å²) in [4.78, 5) is 14.2. The highest BCUT2D eigenvalue weighted by Crippen LogP contribution is 2.28. The first kappa shape index (κ1) is 21.7. The predicted octanol–water partition coefficient (Wildman–Crippen LogP) is 1.94. The molecule has 2 heterocycles. The molecule has 6 N–H and O–H groups in total. The number of primary sulfonamides is 1. The van der Waals surface area contributed by atoms with Crippen LogP contribution < -0.4 is 21.5 Å². The summed E-state index contributed by atoms with van der Waals surface area (Å²) in [7, 11) is -3.73. The molecule has 0 saturated heterocycles. The van der Waals surface area contributed by atoms with Gasteiger partial charge < -0.3 is 16.4 Å². The fourth-order valence-corrected chi connectivity index (χ4v) is 4.49. The van der Waals surface area contributed by atoms with Crippen molar-refractivity contribution < 1.29 is 8.42 Å². The Morgan fingerprint density at radius 2 is 1.93 bits per heavy atom. The monoisotopic (exact) mass is 453 g/mol. The molecule has 12 heteroatoms. The van der Waals surface area contributed by atoms with Crippen LogP contribution in [0.4, 0.5) is 11.1 Å². The van der Waals surface area contributed by atoms with E-state index in [-0.39, 0.29) is 10.8 Å². The van der Waals surface area contributed by atoms with E-state index in [1.54, 1.807) is 36.3 Å². The van der Waals surface area contributed by atoms with Gasteiger partial charge in [0.2, 0.25) is 16.0 Å². The molecule has 1 atom stereocenters. The highest BCUT2D eigenvalue weighted by atomic mass is 32.2. The number of anilines is 2. The minimum Gasteiger partial charge on any atom is -0.361 e. The molecule has 3 aromatic rings. The van der Waals surface area contributed by atoms with E-state index in [0.717, 1.165) is 21.5 Å². The average Bonchev–Trinajstić information content (AvgIpc) is 3.12. The third-order valence-electron chi connectivity index (χ3n) is 4.22. The lowest BCUT2D eigenvalue weighted by Crippen LogP contribution is -2.25. The molecule has 3 rings (SSSR count). The maximum atomic E-state index is 11.5. The molecule has 2 aromatic heterocycles. The van der Waals surface area contributed by atoms with Crippen molar-refractivity contribution in [1.29, 1.82) is 0 Å². The number of thioether (sulfide) groups is 1. The Labute approximate surface area is 177 Å².